The lowest BCUT2D eigenvalue weighted by atomic mass is 10.0. The molecule has 78 valence electrons. The van der Waals surface area contributed by atoms with Crippen molar-refractivity contribution in [1.29, 1.82) is 0 Å². The van der Waals surface area contributed by atoms with Crippen LogP contribution >= 0.6 is 0 Å². The molecule has 1 fully saturated rings. The van der Waals surface area contributed by atoms with Crippen LogP contribution in [0.1, 0.15) is 6.42 Å². The number of amides is 1. The third kappa shape index (κ3) is 1.84. The highest BCUT2D eigenvalue weighted by Gasteiger charge is 2.43. The molecule has 0 bridgehead atoms. The highest BCUT2D eigenvalue weighted by Crippen LogP contribution is 2.18. The minimum Gasteiger partial charge on any atom is -0.469 e. The summed E-state index contributed by atoms with van der Waals surface area (Å²) in [7, 11) is 2.40. The summed E-state index contributed by atoms with van der Waals surface area (Å²) in [6.45, 7) is 0. The minimum atomic E-state index is -0.917. The Morgan fingerprint density at radius 3 is 2.36 bits per heavy atom. The van der Waals surface area contributed by atoms with E-state index in [-0.39, 0.29) is 12.3 Å². The van der Waals surface area contributed by atoms with Crippen molar-refractivity contribution in [2.75, 3.05) is 14.2 Å². The topological polar surface area (TPSA) is 81.7 Å². The highest BCUT2D eigenvalue weighted by atomic mass is 16.5. The molecule has 1 aliphatic heterocycles. The smallest absolute Gasteiger partial charge is 0.329 e. The van der Waals surface area contributed by atoms with E-state index in [9.17, 15) is 14.4 Å². The van der Waals surface area contributed by atoms with Crippen LogP contribution in [0.4, 0.5) is 0 Å². The first kappa shape index (κ1) is 10.5. The van der Waals surface area contributed by atoms with Gasteiger partial charge in [-0.25, -0.2) is 4.79 Å². The zero-order valence-electron chi connectivity index (χ0n) is 7.90. The third-order valence-corrected chi connectivity index (χ3v) is 2.08. The van der Waals surface area contributed by atoms with Crippen LogP contribution in [0, 0.1) is 5.92 Å². The Kier molecular flexibility index (Phi) is 3.06. The molecule has 6 nitrogen and oxygen atoms in total. The molecular weight excluding hydrogens is 190 g/mol. The number of nitrogens with one attached hydrogen (secondary N) is 1. The SMILES string of the molecule is COC(=O)C1CC(=O)NC1C(=O)OC. The van der Waals surface area contributed by atoms with E-state index in [4.69, 9.17) is 0 Å². The van der Waals surface area contributed by atoms with Crippen molar-refractivity contribution in [3.63, 3.8) is 0 Å². The molecule has 1 saturated heterocycles. The van der Waals surface area contributed by atoms with Gasteiger partial charge >= 0.3 is 11.9 Å². The predicted octanol–water partition coefficient (Wildman–Crippen LogP) is -1.16. The largest absolute Gasteiger partial charge is 0.469 e. The van der Waals surface area contributed by atoms with Gasteiger partial charge in [-0.3, -0.25) is 9.59 Å². The summed E-state index contributed by atoms with van der Waals surface area (Å²) in [5.41, 5.74) is 0. The molecule has 1 aliphatic rings. The molecule has 14 heavy (non-hydrogen) atoms. The minimum absolute atomic E-state index is 0.0353. The maximum atomic E-state index is 11.2. The van der Waals surface area contributed by atoms with Crippen molar-refractivity contribution in [3.05, 3.63) is 0 Å². The fourth-order valence-electron chi connectivity index (χ4n) is 1.37. The molecule has 1 heterocycles. The van der Waals surface area contributed by atoms with Crippen LogP contribution in [0.5, 0.6) is 0 Å². The van der Waals surface area contributed by atoms with Gasteiger partial charge in [-0.1, -0.05) is 0 Å². The maximum Gasteiger partial charge on any atom is 0.329 e. The van der Waals surface area contributed by atoms with Crippen LogP contribution in [0.2, 0.25) is 0 Å². The molecule has 0 spiro atoms. The Hall–Kier alpha value is -1.59. The average molecular weight is 201 g/mol. The van der Waals surface area contributed by atoms with Crippen molar-refractivity contribution >= 4 is 17.8 Å². The Morgan fingerprint density at radius 2 is 1.86 bits per heavy atom. The number of rotatable bonds is 2. The van der Waals surface area contributed by atoms with E-state index < -0.39 is 23.9 Å². The predicted molar refractivity (Wildman–Crippen MR) is 44.1 cm³/mol. The molecule has 0 aromatic heterocycles. The molecule has 0 radical (unpaired) electrons. The second kappa shape index (κ2) is 4.08. The summed E-state index contributed by atoms with van der Waals surface area (Å²) < 4.78 is 8.91. The van der Waals surface area contributed by atoms with Gasteiger partial charge in [-0.15, -0.1) is 0 Å². The van der Waals surface area contributed by atoms with Crippen molar-refractivity contribution in [3.8, 4) is 0 Å². The number of methoxy groups -OCH3 is 2. The summed E-state index contributed by atoms with van der Waals surface area (Å²) in [6, 6.07) is -0.917. The molecule has 1 amide bonds. The van der Waals surface area contributed by atoms with E-state index in [2.05, 4.69) is 14.8 Å². The number of ether oxygens (including phenoxy) is 2. The second-order valence-electron chi connectivity index (χ2n) is 2.90. The number of esters is 2. The summed E-state index contributed by atoms with van der Waals surface area (Å²) in [4.78, 5) is 33.3. The molecule has 0 aromatic rings. The first-order valence-electron chi connectivity index (χ1n) is 4.05. The summed E-state index contributed by atoms with van der Waals surface area (Å²) in [5.74, 6) is -2.35. The third-order valence-electron chi connectivity index (χ3n) is 2.08. The molecule has 1 rings (SSSR count). The first-order valence-corrected chi connectivity index (χ1v) is 4.05. The van der Waals surface area contributed by atoms with Gasteiger partial charge in [-0.2, -0.15) is 0 Å². The summed E-state index contributed by atoms with van der Waals surface area (Å²) >= 11 is 0. The number of carbonyl (C=O) groups is 3. The quantitative estimate of drug-likeness (QED) is 0.570. The summed E-state index contributed by atoms with van der Waals surface area (Å²) in [5, 5.41) is 2.36. The van der Waals surface area contributed by atoms with Crippen molar-refractivity contribution < 1.29 is 23.9 Å². The molecule has 1 N–H and O–H groups in total. The van der Waals surface area contributed by atoms with Crippen LogP contribution < -0.4 is 5.32 Å². The Bertz CT molecular complexity index is 249. The van der Waals surface area contributed by atoms with Crippen LogP contribution in [0.15, 0.2) is 0 Å². The van der Waals surface area contributed by atoms with Crippen molar-refractivity contribution in [2.24, 2.45) is 5.92 Å². The van der Waals surface area contributed by atoms with Crippen molar-refractivity contribution in [2.45, 2.75) is 12.5 Å². The Balaban J connectivity index is 2.77. The molecule has 0 aromatic carbocycles. The van der Waals surface area contributed by atoms with E-state index in [0.717, 1.165) is 0 Å². The fraction of sp³-hybridized carbons (Fsp3) is 0.625. The lowest BCUT2D eigenvalue weighted by Gasteiger charge is -2.13. The molecule has 2 unspecified atom stereocenters. The first-order chi connectivity index (χ1) is 6.60. The lowest BCUT2D eigenvalue weighted by molar-refractivity contribution is -0.153. The van der Waals surface area contributed by atoms with Crippen LogP contribution in [0.25, 0.3) is 0 Å². The summed E-state index contributed by atoms with van der Waals surface area (Å²) in [6.07, 6.45) is -0.0353. The monoisotopic (exact) mass is 201 g/mol. The van der Waals surface area contributed by atoms with E-state index in [1.807, 2.05) is 0 Å². The van der Waals surface area contributed by atoms with Crippen LogP contribution in [-0.2, 0) is 23.9 Å². The van der Waals surface area contributed by atoms with Gasteiger partial charge < -0.3 is 14.8 Å². The van der Waals surface area contributed by atoms with Gasteiger partial charge in [0.2, 0.25) is 5.91 Å². The normalized spacial score (nSPS) is 25.4. The standard InChI is InChI=1S/C8H11NO5/c1-13-7(11)4-3-5(10)9-6(4)8(12)14-2/h4,6H,3H2,1-2H3,(H,9,10). The van der Waals surface area contributed by atoms with E-state index in [1.54, 1.807) is 0 Å². The zero-order valence-corrected chi connectivity index (χ0v) is 7.90. The maximum absolute atomic E-state index is 11.2. The van der Waals surface area contributed by atoms with Gasteiger partial charge in [-0.05, 0) is 0 Å². The van der Waals surface area contributed by atoms with E-state index >= 15 is 0 Å². The van der Waals surface area contributed by atoms with Gasteiger partial charge in [0, 0.05) is 6.42 Å². The number of carbonyl (C=O) groups excluding carboxylic acids is 3. The highest BCUT2D eigenvalue weighted by molar-refractivity contribution is 5.95. The van der Waals surface area contributed by atoms with Gasteiger partial charge in [0.1, 0.15) is 6.04 Å². The second-order valence-corrected chi connectivity index (χ2v) is 2.90. The molecular formula is C8H11NO5. The van der Waals surface area contributed by atoms with E-state index in [0.29, 0.717) is 0 Å². The fourth-order valence-corrected chi connectivity index (χ4v) is 1.37. The van der Waals surface area contributed by atoms with Crippen LogP contribution in [0.3, 0.4) is 0 Å². The number of hydrogen-bond donors (Lipinski definition) is 1. The number of hydrogen-bond acceptors (Lipinski definition) is 5. The van der Waals surface area contributed by atoms with Crippen LogP contribution in [-0.4, -0.2) is 38.1 Å². The van der Waals surface area contributed by atoms with E-state index in [1.165, 1.54) is 14.2 Å². The average Bonchev–Trinajstić information content (AvgIpc) is 2.58. The molecule has 6 heteroatoms. The Morgan fingerprint density at radius 1 is 1.29 bits per heavy atom. The van der Waals surface area contributed by atoms with Crippen molar-refractivity contribution in [1.82, 2.24) is 5.32 Å². The molecule has 0 aliphatic carbocycles. The zero-order chi connectivity index (χ0) is 10.7. The molecule has 2 atom stereocenters. The molecule has 0 saturated carbocycles. The Labute approximate surface area is 80.5 Å². The van der Waals surface area contributed by atoms with Gasteiger partial charge in [0.15, 0.2) is 0 Å². The van der Waals surface area contributed by atoms with Gasteiger partial charge in [0.25, 0.3) is 0 Å². The van der Waals surface area contributed by atoms with Gasteiger partial charge in [0.05, 0.1) is 20.1 Å². The lowest BCUT2D eigenvalue weighted by Crippen LogP contribution is -2.40.